The van der Waals surface area contributed by atoms with E-state index in [2.05, 4.69) is 0 Å². The Balaban J connectivity index is 1.75. The molecule has 1 fully saturated rings. The molecule has 5 heteroatoms. The van der Waals surface area contributed by atoms with Gasteiger partial charge in [0.05, 0.1) is 14.2 Å². The van der Waals surface area contributed by atoms with Gasteiger partial charge in [0.15, 0.2) is 6.10 Å². The maximum absolute atomic E-state index is 12.8. The van der Waals surface area contributed by atoms with Crippen LogP contribution in [0.5, 0.6) is 17.2 Å². The lowest BCUT2D eigenvalue weighted by Gasteiger charge is -2.07. The zero-order chi connectivity index (χ0) is 15.3. The number of epoxide rings is 1. The number of carbonyl (C=O) groups is 1. The molecule has 0 N–H and O–H groups in total. The molecule has 2 aromatic rings. The number of rotatable bonds is 3. The van der Waals surface area contributed by atoms with Crippen molar-refractivity contribution in [2.45, 2.75) is 11.9 Å². The van der Waals surface area contributed by atoms with Crippen LogP contribution in [0.15, 0.2) is 42.5 Å². The summed E-state index contributed by atoms with van der Waals surface area (Å²) in [5.74, 6) is -0.0463. The molecular weight excluding hydrogens is 284 g/mol. The van der Waals surface area contributed by atoms with Gasteiger partial charge in [0.2, 0.25) is 5.78 Å². The van der Waals surface area contributed by atoms with Crippen LogP contribution < -0.4 is 14.2 Å². The summed E-state index contributed by atoms with van der Waals surface area (Å²) in [6.45, 7) is 0. The Kier molecular flexibility index (Phi) is 2.68. The quantitative estimate of drug-likeness (QED) is 0.816. The Morgan fingerprint density at radius 3 is 2.55 bits per heavy atom. The van der Waals surface area contributed by atoms with Crippen LogP contribution in [-0.4, -0.2) is 25.8 Å². The van der Waals surface area contributed by atoms with Gasteiger partial charge in [-0.3, -0.25) is 4.79 Å². The Hall–Kier alpha value is -2.53. The number of benzene rings is 2. The van der Waals surface area contributed by atoms with Gasteiger partial charge in [-0.1, -0.05) is 30.3 Å². The van der Waals surface area contributed by atoms with Crippen LogP contribution in [0.1, 0.15) is 22.0 Å². The van der Waals surface area contributed by atoms with E-state index in [0.717, 1.165) is 5.56 Å². The molecule has 0 unspecified atom stereocenters. The lowest BCUT2D eigenvalue weighted by Crippen LogP contribution is -2.25. The van der Waals surface area contributed by atoms with Crippen molar-refractivity contribution in [3.05, 3.63) is 53.6 Å². The number of fused-ring (bicyclic) bond motifs is 1. The minimum atomic E-state index is -1.26. The van der Waals surface area contributed by atoms with Crippen molar-refractivity contribution in [3.8, 4) is 17.2 Å². The average Bonchev–Trinajstić information content (AvgIpc) is 3.22. The van der Waals surface area contributed by atoms with Crippen molar-refractivity contribution in [1.82, 2.24) is 0 Å². The molecule has 0 aromatic heterocycles. The lowest BCUT2D eigenvalue weighted by atomic mass is 10.0. The molecule has 0 saturated carbocycles. The Bertz CT molecular complexity index is 755. The van der Waals surface area contributed by atoms with E-state index >= 15 is 0 Å². The molecule has 0 bridgehead atoms. The molecule has 2 aromatic carbocycles. The van der Waals surface area contributed by atoms with Crippen LogP contribution in [0.4, 0.5) is 0 Å². The zero-order valence-corrected chi connectivity index (χ0v) is 12.2. The van der Waals surface area contributed by atoms with Crippen molar-refractivity contribution in [3.63, 3.8) is 0 Å². The van der Waals surface area contributed by atoms with Gasteiger partial charge in [-0.15, -0.1) is 0 Å². The first-order valence-corrected chi connectivity index (χ1v) is 6.92. The Labute approximate surface area is 127 Å². The van der Waals surface area contributed by atoms with Crippen molar-refractivity contribution in [2.75, 3.05) is 14.2 Å². The summed E-state index contributed by atoms with van der Waals surface area (Å²) in [5.41, 5.74) is 1.32. The second-order valence-electron chi connectivity index (χ2n) is 5.21. The van der Waals surface area contributed by atoms with E-state index in [0.29, 0.717) is 22.8 Å². The van der Waals surface area contributed by atoms with Gasteiger partial charge in [-0.2, -0.15) is 0 Å². The van der Waals surface area contributed by atoms with Gasteiger partial charge < -0.3 is 18.9 Å². The van der Waals surface area contributed by atoms with Gasteiger partial charge >= 0.3 is 5.79 Å². The van der Waals surface area contributed by atoms with E-state index in [1.165, 1.54) is 7.11 Å². The van der Waals surface area contributed by atoms with Gasteiger partial charge in [-0.05, 0) is 5.56 Å². The Morgan fingerprint density at radius 1 is 1.09 bits per heavy atom. The third-order valence-electron chi connectivity index (χ3n) is 3.98. The molecule has 1 saturated heterocycles. The number of methoxy groups -OCH3 is 2. The molecular formula is C17H14O5. The summed E-state index contributed by atoms with van der Waals surface area (Å²) in [6.07, 6.45) is -0.399. The van der Waals surface area contributed by atoms with Gasteiger partial charge in [0.25, 0.3) is 0 Å². The number of Topliss-reactive ketones (excluding diaryl/α,β-unsaturated/α-hetero) is 1. The highest BCUT2D eigenvalue weighted by Crippen LogP contribution is 2.58. The van der Waals surface area contributed by atoms with Crippen LogP contribution in [0.3, 0.4) is 0 Å². The van der Waals surface area contributed by atoms with E-state index in [4.69, 9.17) is 18.9 Å². The van der Waals surface area contributed by atoms with E-state index in [1.54, 1.807) is 19.2 Å². The molecule has 112 valence electrons. The number of ketones is 1. The number of hydrogen-bond acceptors (Lipinski definition) is 5. The summed E-state index contributed by atoms with van der Waals surface area (Å²) in [4.78, 5) is 12.8. The first-order chi connectivity index (χ1) is 10.7. The van der Waals surface area contributed by atoms with Crippen molar-refractivity contribution < 1.29 is 23.7 Å². The van der Waals surface area contributed by atoms with Crippen molar-refractivity contribution >= 4 is 5.78 Å². The fourth-order valence-corrected chi connectivity index (χ4v) is 2.84. The van der Waals surface area contributed by atoms with Gasteiger partial charge in [-0.25, -0.2) is 0 Å². The molecule has 2 atom stereocenters. The first-order valence-electron chi connectivity index (χ1n) is 6.92. The highest BCUT2D eigenvalue weighted by atomic mass is 16.8. The van der Waals surface area contributed by atoms with Crippen LogP contribution in [0, 0.1) is 0 Å². The minimum Gasteiger partial charge on any atom is -0.496 e. The Morgan fingerprint density at radius 2 is 1.86 bits per heavy atom. The SMILES string of the molecule is COc1cc(OC)c2c(c1)O[C@@]1(O[C@@H]1c1ccccc1)C2=O. The fraction of sp³-hybridized carbons (Fsp3) is 0.235. The number of carbonyl (C=O) groups excluding carboxylic acids is 1. The molecule has 1 spiro atoms. The van der Waals surface area contributed by atoms with Crippen LogP contribution in [-0.2, 0) is 4.74 Å². The second-order valence-corrected chi connectivity index (χ2v) is 5.21. The normalized spacial score (nSPS) is 24.8. The molecule has 0 amide bonds. The number of hydrogen-bond donors (Lipinski definition) is 0. The maximum Gasteiger partial charge on any atom is 0.307 e. The first kappa shape index (κ1) is 13.2. The third-order valence-corrected chi connectivity index (χ3v) is 3.98. The average molecular weight is 298 g/mol. The molecule has 2 aliphatic rings. The third kappa shape index (κ3) is 1.66. The number of ether oxygens (including phenoxy) is 4. The highest BCUT2D eigenvalue weighted by Gasteiger charge is 2.70. The molecule has 0 radical (unpaired) electrons. The summed E-state index contributed by atoms with van der Waals surface area (Å²) < 4.78 is 22.0. The lowest BCUT2D eigenvalue weighted by molar-refractivity contribution is 0.0536. The van der Waals surface area contributed by atoms with Crippen molar-refractivity contribution in [1.29, 1.82) is 0 Å². The molecule has 2 heterocycles. The summed E-state index contributed by atoms with van der Waals surface area (Å²) in [7, 11) is 3.06. The summed E-state index contributed by atoms with van der Waals surface area (Å²) >= 11 is 0. The van der Waals surface area contributed by atoms with Gasteiger partial charge in [0.1, 0.15) is 22.8 Å². The second kappa shape index (κ2) is 4.48. The highest BCUT2D eigenvalue weighted by molar-refractivity contribution is 6.10. The van der Waals surface area contributed by atoms with E-state index in [9.17, 15) is 4.79 Å². The van der Waals surface area contributed by atoms with Gasteiger partial charge in [0, 0.05) is 12.1 Å². The van der Waals surface area contributed by atoms with Crippen LogP contribution in [0.2, 0.25) is 0 Å². The van der Waals surface area contributed by atoms with Crippen molar-refractivity contribution in [2.24, 2.45) is 0 Å². The van der Waals surface area contributed by atoms with E-state index in [1.807, 2.05) is 30.3 Å². The minimum absolute atomic E-state index is 0.212. The summed E-state index contributed by atoms with van der Waals surface area (Å²) in [6, 6.07) is 12.9. The van der Waals surface area contributed by atoms with E-state index in [-0.39, 0.29) is 5.78 Å². The predicted molar refractivity (Wildman–Crippen MR) is 77.5 cm³/mol. The molecule has 2 aliphatic heterocycles. The molecule has 0 aliphatic carbocycles. The maximum atomic E-state index is 12.8. The smallest absolute Gasteiger partial charge is 0.307 e. The fourth-order valence-electron chi connectivity index (χ4n) is 2.84. The summed E-state index contributed by atoms with van der Waals surface area (Å²) in [5, 5.41) is 0. The molecule has 4 rings (SSSR count). The zero-order valence-electron chi connectivity index (χ0n) is 12.2. The predicted octanol–water partition coefficient (Wildman–Crippen LogP) is 2.75. The van der Waals surface area contributed by atoms with E-state index < -0.39 is 11.9 Å². The monoisotopic (exact) mass is 298 g/mol. The van der Waals surface area contributed by atoms with Crippen LogP contribution in [0.25, 0.3) is 0 Å². The largest absolute Gasteiger partial charge is 0.496 e. The van der Waals surface area contributed by atoms with Crippen LogP contribution >= 0.6 is 0 Å². The topological polar surface area (TPSA) is 57.3 Å². The molecule has 22 heavy (non-hydrogen) atoms. The molecule has 5 nitrogen and oxygen atoms in total. The standard InChI is InChI=1S/C17H14O5/c1-19-11-8-12(20-2)14-13(9-11)21-17(15(14)18)16(22-17)10-6-4-3-5-7-10/h3-9,16H,1-2H3/t16-,17-/m1/s1.